The second kappa shape index (κ2) is 7.44. The first kappa shape index (κ1) is 16.7. The van der Waals surface area contributed by atoms with Gasteiger partial charge in [0.25, 0.3) is 0 Å². The molecular formula is C13H24N2O5. The van der Waals surface area contributed by atoms with Gasteiger partial charge >= 0.3 is 12.0 Å². The van der Waals surface area contributed by atoms with Crippen molar-refractivity contribution in [1.29, 1.82) is 0 Å². The fraction of sp³-hybridized carbons (Fsp3) is 0.846. The fourth-order valence-electron chi connectivity index (χ4n) is 2.28. The van der Waals surface area contributed by atoms with Gasteiger partial charge < -0.3 is 24.8 Å². The van der Waals surface area contributed by atoms with Crippen molar-refractivity contribution in [2.45, 2.75) is 37.8 Å². The molecule has 1 aliphatic rings. The maximum atomic E-state index is 12.1. The van der Waals surface area contributed by atoms with E-state index in [0.29, 0.717) is 13.1 Å². The molecule has 1 fully saturated rings. The van der Waals surface area contributed by atoms with Crippen molar-refractivity contribution < 1.29 is 24.2 Å². The predicted molar refractivity (Wildman–Crippen MR) is 72.7 cm³/mol. The summed E-state index contributed by atoms with van der Waals surface area (Å²) >= 11 is 0. The molecule has 0 aromatic carbocycles. The van der Waals surface area contributed by atoms with Crippen LogP contribution in [0.4, 0.5) is 4.79 Å². The third-order valence-electron chi connectivity index (χ3n) is 3.65. The number of carboxylic acids is 1. The summed E-state index contributed by atoms with van der Waals surface area (Å²) in [6, 6.07) is -1.30. The van der Waals surface area contributed by atoms with Gasteiger partial charge in [-0.25, -0.2) is 9.59 Å². The van der Waals surface area contributed by atoms with E-state index in [-0.39, 0.29) is 24.7 Å². The lowest BCUT2D eigenvalue weighted by Gasteiger charge is -2.39. The largest absolute Gasteiger partial charge is 0.480 e. The molecule has 0 bridgehead atoms. The Labute approximate surface area is 119 Å². The number of rotatable bonds is 6. The Kier molecular flexibility index (Phi) is 6.22. The summed E-state index contributed by atoms with van der Waals surface area (Å²) in [6.07, 6.45) is 1.97. The van der Waals surface area contributed by atoms with Crippen LogP contribution in [0.1, 0.15) is 26.2 Å². The monoisotopic (exact) mass is 288 g/mol. The smallest absolute Gasteiger partial charge is 0.326 e. The highest BCUT2D eigenvalue weighted by molar-refractivity contribution is 5.82. The van der Waals surface area contributed by atoms with Crippen LogP contribution >= 0.6 is 0 Å². The third-order valence-corrected chi connectivity index (χ3v) is 3.65. The topological polar surface area (TPSA) is 88.1 Å². The van der Waals surface area contributed by atoms with E-state index in [2.05, 4.69) is 5.32 Å². The summed E-state index contributed by atoms with van der Waals surface area (Å²) in [4.78, 5) is 24.8. The number of hydrogen-bond acceptors (Lipinski definition) is 4. The number of carboxylic acid groups (broad SMARTS) is 1. The molecule has 1 heterocycles. The van der Waals surface area contributed by atoms with Gasteiger partial charge in [-0.3, -0.25) is 0 Å². The van der Waals surface area contributed by atoms with Gasteiger partial charge in [0.1, 0.15) is 6.04 Å². The van der Waals surface area contributed by atoms with Crippen LogP contribution in [0.25, 0.3) is 0 Å². The van der Waals surface area contributed by atoms with Gasteiger partial charge in [0, 0.05) is 33.8 Å². The summed E-state index contributed by atoms with van der Waals surface area (Å²) in [5, 5.41) is 11.6. The van der Waals surface area contributed by atoms with Crippen molar-refractivity contribution in [2.75, 3.05) is 33.9 Å². The first-order valence-corrected chi connectivity index (χ1v) is 6.74. The molecule has 1 aliphatic heterocycles. The van der Waals surface area contributed by atoms with Crippen LogP contribution < -0.4 is 5.32 Å². The van der Waals surface area contributed by atoms with Crippen LogP contribution in [0.3, 0.4) is 0 Å². The van der Waals surface area contributed by atoms with E-state index < -0.39 is 12.0 Å². The molecule has 0 spiro atoms. The van der Waals surface area contributed by atoms with Crippen LogP contribution in [0.15, 0.2) is 0 Å². The van der Waals surface area contributed by atoms with Gasteiger partial charge in [-0.05, 0) is 19.8 Å². The van der Waals surface area contributed by atoms with Crippen LogP contribution in [0, 0.1) is 0 Å². The number of nitrogens with zero attached hydrogens (tertiary/aromatic N) is 1. The van der Waals surface area contributed by atoms with Gasteiger partial charge in [-0.15, -0.1) is 0 Å². The molecule has 7 heteroatoms. The molecule has 20 heavy (non-hydrogen) atoms. The Morgan fingerprint density at radius 1 is 1.45 bits per heavy atom. The maximum Gasteiger partial charge on any atom is 0.326 e. The molecule has 0 saturated carbocycles. The zero-order chi connectivity index (χ0) is 15.2. The standard InChI is InChI=1S/C13H24N2O5/c1-13(20-3)6-4-7-15(9-13)12(18)14-10(11(16)17)5-8-19-2/h10H,4-9H2,1-3H3,(H,14,18)(H,16,17). The molecule has 1 saturated heterocycles. The highest BCUT2D eigenvalue weighted by atomic mass is 16.5. The van der Waals surface area contributed by atoms with E-state index in [1.54, 1.807) is 12.0 Å². The number of ether oxygens (including phenoxy) is 2. The number of hydrogen-bond donors (Lipinski definition) is 2. The summed E-state index contributed by atoms with van der Waals surface area (Å²) in [6.45, 7) is 3.31. The second-order valence-corrected chi connectivity index (χ2v) is 5.30. The molecule has 2 amide bonds. The summed E-state index contributed by atoms with van der Waals surface area (Å²) in [5.74, 6) is -1.05. The van der Waals surface area contributed by atoms with Crippen molar-refractivity contribution in [3.8, 4) is 0 Å². The number of urea groups is 1. The van der Waals surface area contributed by atoms with Gasteiger partial charge in [0.2, 0.25) is 0 Å². The van der Waals surface area contributed by atoms with Gasteiger partial charge in [0.15, 0.2) is 0 Å². The molecule has 2 N–H and O–H groups in total. The highest BCUT2D eigenvalue weighted by Crippen LogP contribution is 2.23. The third kappa shape index (κ3) is 4.64. The average molecular weight is 288 g/mol. The van der Waals surface area contributed by atoms with E-state index in [1.165, 1.54) is 7.11 Å². The number of methoxy groups -OCH3 is 2. The fourth-order valence-corrected chi connectivity index (χ4v) is 2.28. The minimum Gasteiger partial charge on any atom is -0.480 e. The van der Waals surface area contributed by atoms with Gasteiger partial charge in [0.05, 0.1) is 12.1 Å². The number of likely N-dealkylation sites (tertiary alicyclic amines) is 1. The zero-order valence-corrected chi connectivity index (χ0v) is 12.3. The Morgan fingerprint density at radius 2 is 2.15 bits per heavy atom. The van der Waals surface area contributed by atoms with Crippen LogP contribution in [0.5, 0.6) is 0 Å². The lowest BCUT2D eigenvalue weighted by molar-refractivity contribution is -0.139. The van der Waals surface area contributed by atoms with Gasteiger partial charge in [-0.1, -0.05) is 0 Å². The minimum atomic E-state index is -1.05. The minimum absolute atomic E-state index is 0.243. The number of amides is 2. The highest BCUT2D eigenvalue weighted by Gasteiger charge is 2.34. The number of piperidine rings is 1. The SMILES string of the molecule is COCCC(NC(=O)N1CCCC(C)(OC)C1)C(=O)O. The molecule has 0 aliphatic carbocycles. The molecule has 1 rings (SSSR count). The number of carbonyl (C=O) groups is 2. The molecule has 2 unspecified atom stereocenters. The maximum absolute atomic E-state index is 12.1. The zero-order valence-electron chi connectivity index (χ0n) is 12.3. The van der Waals surface area contributed by atoms with Crippen LogP contribution in [-0.4, -0.2) is 67.6 Å². The normalized spacial score (nSPS) is 24.2. The summed E-state index contributed by atoms with van der Waals surface area (Å²) in [5.41, 5.74) is -0.360. The quantitative estimate of drug-likeness (QED) is 0.750. The van der Waals surface area contributed by atoms with Crippen LogP contribution in [-0.2, 0) is 14.3 Å². The Hall–Kier alpha value is -1.34. The van der Waals surface area contributed by atoms with E-state index in [1.807, 2.05) is 6.92 Å². The molecule has 2 atom stereocenters. The average Bonchev–Trinajstić information content (AvgIpc) is 2.43. The predicted octanol–water partition coefficient (Wildman–Crippen LogP) is 0.687. The summed E-state index contributed by atoms with van der Waals surface area (Å²) < 4.78 is 10.3. The molecule has 7 nitrogen and oxygen atoms in total. The lowest BCUT2D eigenvalue weighted by Crippen LogP contribution is -2.55. The van der Waals surface area contributed by atoms with Crippen LogP contribution in [0.2, 0.25) is 0 Å². The van der Waals surface area contributed by atoms with Crippen molar-refractivity contribution in [3.05, 3.63) is 0 Å². The molecular weight excluding hydrogens is 264 g/mol. The van der Waals surface area contributed by atoms with E-state index in [0.717, 1.165) is 12.8 Å². The van der Waals surface area contributed by atoms with Crippen molar-refractivity contribution in [1.82, 2.24) is 10.2 Å². The van der Waals surface area contributed by atoms with E-state index >= 15 is 0 Å². The van der Waals surface area contributed by atoms with E-state index in [9.17, 15) is 9.59 Å². The first-order valence-electron chi connectivity index (χ1n) is 6.74. The Morgan fingerprint density at radius 3 is 2.70 bits per heavy atom. The Bertz CT molecular complexity index is 350. The van der Waals surface area contributed by atoms with Crippen molar-refractivity contribution in [3.63, 3.8) is 0 Å². The van der Waals surface area contributed by atoms with Gasteiger partial charge in [-0.2, -0.15) is 0 Å². The summed E-state index contributed by atoms with van der Waals surface area (Å²) in [7, 11) is 3.12. The van der Waals surface area contributed by atoms with Crippen molar-refractivity contribution in [2.24, 2.45) is 0 Å². The molecule has 0 aromatic heterocycles. The van der Waals surface area contributed by atoms with E-state index in [4.69, 9.17) is 14.6 Å². The lowest BCUT2D eigenvalue weighted by atomic mass is 9.95. The van der Waals surface area contributed by atoms with Crippen molar-refractivity contribution >= 4 is 12.0 Å². The molecule has 0 radical (unpaired) electrons. The first-order chi connectivity index (χ1) is 9.41. The number of aliphatic carboxylic acids is 1. The molecule has 116 valence electrons. The second-order valence-electron chi connectivity index (χ2n) is 5.30. The molecule has 0 aromatic rings. The number of carbonyl (C=O) groups excluding carboxylic acids is 1. The number of nitrogens with one attached hydrogen (secondary N) is 1. The Balaban J connectivity index is 2.57.